The van der Waals surface area contributed by atoms with Crippen LogP contribution in [0.2, 0.25) is 0 Å². The summed E-state index contributed by atoms with van der Waals surface area (Å²) in [6, 6.07) is 0. The van der Waals surface area contributed by atoms with Crippen LogP contribution in [0.4, 0.5) is 0 Å². The van der Waals surface area contributed by atoms with Crippen molar-refractivity contribution in [2.75, 3.05) is 6.54 Å². The predicted octanol–water partition coefficient (Wildman–Crippen LogP) is 2.00. The van der Waals surface area contributed by atoms with Gasteiger partial charge < -0.3 is 0 Å². The molecule has 0 amide bonds. The Balaban J connectivity index is 2.34. The summed E-state index contributed by atoms with van der Waals surface area (Å²) in [7, 11) is 0. The number of hydrazone groups is 1. The van der Waals surface area contributed by atoms with Gasteiger partial charge in [-0.3, -0.25) is 10.1 Å². The Morgan fingerprint density at radius 1 is 1.53 bits per heavy atom. The average molecular weight is 279 g/mol. The lowest BCUT2D eigenvalue weighted by Crippen LogP contribution is -2.41. The molecule has 1 aliphatic heterocycles. The molecule has 0 bridgehead atoms. The summed E-state index contributed by atoms with van der Waals surface area (Å²) >= 11 is 3.07. The fourth-order valence-electron chi connectivity index (χ4n) is 1.43. The van der Waals surface area contributed by atoms with E-state index < -0.39 is 6.29 Å². The SMILES string of the molecule is CCCCCCN1N=CN(Br)C1[N+](=O)[O-]. The molecule has 1 heterocycles. The molecule has 1 rings (SSSR count). The Bertz CT molecular complexity index is 249. The maximum atomic E-state index is 10.7. The zero-order valence-electron chi connectivity index (χ0n) is 8.67. The lowest BCUT2D eigenvalue weighted by Gasteiger charge is -2.18. The van der Waals surface area contributed by atoms with Crippen molar-refractivity contribution in [3.8, 4) is 0 Å². The molecule has 86 valence electrons. The molecule has 0 spiro atoms. The van der Waals surface area contributed by atoms with Crippen LogP contribution < -0.4 is 0 Å². The number of halogens is 1. The second kappa shape index (κ2) is 5.89. The molecule has 0 aliphatic carbocycles. The maximum Gasteiger partial charge on any atom is 0.393 e. The highest BCUT2D eigenvalue weighted by Crippen LogP contribution is 2.17. The van der Waals surface area contributed by atoms with E-state index in [1.807, 2.05) is 0 Å². The van der Waals surface area contributed by atoms with Crippen LogP contribution in [0.3, 0.4) is 0 Å². The zero-order chi connectivity index (χ0) is 11.3. The van der Waals surface area contributed by atoms with Gasteiger partial charge in [0.2, 0.25) is 0 Å². The van der Waals surface area contributed by atoms with Crippen molar-refractivity contribution in [3.63, 3.8) is 0 Å². The van der Waals surface area contributed by atoms with Crippen molar-refractivity contribution >= 4 is 22.5 Å². The van der Waals surface area contributed by atoms with Crippen LogP contribution in [0.5, 0.6) is 0 Å². The largest absolute Gasteiger partial charge is 0.393 e. The Hall–Kier alpha value is -0.850. The van der Waals surface area contributed by atoms with Gasteiger partial charge in [-0.1, -0.05) is 26.2 Å². The first-order chi connectivity index (χ1) is 7.16. The van der Waals surface area contributed by atoms with Crippen molar-refractivity contribution in [2.24, 2.45) is 5.10 Å². The van der Waals surface area contributed by atoms with Crippen molar-refractivity contribution in [3.05, 3.63) is 10.1 Å². The van der Waals surface area contributed by atoms with Gasteiger partial charge in [-0.15, -0.1) is 0 Å². The van der Waals surface area contributed by atoms with E-state index in [1.54, 1.807) is 0 Å². The molecule has 0 saturated heterocycles. The molecule has 0 aromatic rings. The van der Waals surface area contributed by atoms with Crippen LogP contribution in [0, 0.1) is 10.1 Å². The van der Waals surface area contributed by atoms with E-state index in [9.17, 15) is 10.1 Å². The lowest BCUT2D eigenvalue weighted by molar-refractivity contribution is -0.563. The molecular weight excluding hydrogens is 264 g/mol. The third-order valence-electron chi connectivity index (χ3n) is 2.23. The number of hydrogen-bond donors (Lipinski definition) is 0. The minimum absolute atomic E-state index is 0.360. The van der Waals surface area contributed by atoms with E-state index in [0.29, 0.717) is 6.54 Å². The predicted molar refractivity (Wildman–Crippen MR) is 60.9 cm³/mol. The van der Waals surface area contributed by atoms with Gasteiger partial charge in [-0.05, 0) is 6.42 Å². The van der Waals surface area contributed by atoms with E-state index in [4.69, 9.17) is 0 Å². The molecule has 1 unspecified atom stereocenters. The fraction of sp³-hybridized carbons (Fsp3) is 0.875. The number of nitro groups is 1. The molecule has 0 N–H and O–H groups in total. The zero-order valence-corrected chi connectivity index (χ0v) is 10.3. The van der Waals surface area contributed by atoms with Crippen molar-refractivity contribution in [1.29, 1.82) is 0 Å². The number of nitrogens with zero attached hydrogens (tertiary/aromatic N) is 4. The Labute approximate surface area is 97.4 Å². The second-order valence-electron chi connectivity index (χ2n) is 3.43. The molecular formula is C8H15BrN4O2. The van der Waals surface area contributed by atoms with Crippen molar-refractivity contribution in [2.45, 2.75) is 38.9 Å². The van der Waals surface area contributed by atoms with Crippen LogP contribution in [-0.4, -0.2) is 33.0 Å². The standard InChI is InChI=1S/C8H15BrN4O2/c1-2-3-4-5-6-12-8(13(14)15)11(9)7-10-12/h7-8H,2-6H2,1H3. The lowest BCUT2D eigenvalue weighted by atomic mass is 10.2. The molecule has 0 saturated carbocycles. The van der Waals surface area contributed by atoms with E-state index in [2.05, 4.69) is 28.2 Å². The van der Waals surface area contributed by atoms with Crippen LogP contribution in [0.15, 0.2) is 5.10 Å². The number of rotatable bonds is 6. The van der Waals surface area contributed by atoms with Gasteiger partial charge in [0.25, 0.3) is 0 Å². The summed E-state index contributed by atoms with van der Waals surface area (Å²) in [5, 5.41) is 16.2. The van der Waals surface area contributed by atoms with Gasteiger partial charge in [0, 0.05) is 6.54 Å². The molecule has 1 aliphatic rings. The first-order valence-electron chi connectivity index (χ1n) is 5.05. The molecule has 0 fully saturated rings. The quantitative estimate of drug-likeness (QED) is 0.323. The highest BCUT2D eigenvalue weighted by Gasteiger charge is 2.36. The molecule has 6 nitrogen and oxygen atoms in total. The van der Waals surface area contributed by atoms with Crippen molar-refractivity contribution < 1.29 is 4.92 Å². The van der Waals surface area contributed by atoms with Gasteiger partial charge >= 0.3 is 6.29 Å². The molecule has 0 aromatic heterocycles. The van der Waals surface area contributed by atoms with Gasteiger partial charge in [0.15, 0.2) is 0 Å². The summed E-state index contributed by atoms with van der Waals surface area (Å²) in [6.07, 6.45) is 4.89. The van der Waals surface area contributed by atoms with Crippen LogP contribution in [0.25, 0.3) is 0 Å². The summed E-state index contributed by atoms with van der Waals surface area (Å²) < 4.78 is 1.33. The van der Waals surface area contributed by atoms with Crippen LogP contribution in [0.1, 0.15) is 32.6 Å². The van der Waals surface area contributed by atoms with Crippen molar-refractivity contribution in [1.82, 2.24) is 8.93 Å². The third-order valence-corrected chi connectivity index (χ3v) is 2.78. The molecule has 7 heteroatoms. The second-order valence-corrected chi connectivity index (χ2v) is 4.25. The van der Waals surface area contributed by atoms with Gasteiger partial charge in [-0.2, -0.15) is 5.10 Å². The number of unbranched alkanes of at least 4 members (excludes halogenated alkanes) is 3. The first kappa shape index (κ1) is 12.2. The van der Waals surface area contributed by atoms with E-state index in [1.165, 1.54) is 21.7 Å². The topological polar surface area (TPSA) is 62.0 Å². The van der Waals surface area contributed by atoms with Gasteiger partial charge in [0.1, 0.15) is 6.34 Å². The summed E-state index contributed by atoms with van der Waals surface area (Å²) in [5.74, 6) is 0. The molecule has 15 heavy (non-hydrogen) atoms. The Morgan fingerprint density at radius 3 is 2.87 bits per heavy atom. The van der Waals surface area contributed by atoms with E-state index in [-0.39, 0.29) is 4.92 Å². The highest BCUT2D eigenvalue weighted by molar-refractivity contribution is 9.07. The smallest absolute Gasteiger partial charge is 0.261 e. The molecule has 0 radical (unpaired) electrons. The fourth-order valence-corrected chi connectivity index (χ4v) is 1.88. The van der Waals surface area contributed by atoms with Gasteiger partial charge in [0.05, 0.1) is 21.1 Å². The average Bonchev–Trinajstić information content (AvgIpc) is 2.54. The minimum atomic E-state index is -0.897. The third kappa shape index (κ3) is 3.33. The molecule has 1 atom stereocenters. The first-order valence-corrected chi connectivity index (χ1v) is 5.76. The normalized spacial score (nSPS) is 20.0. The molecule has 0 aromatic carbocycles. The number of hydrogen-bond acceptors (Lipinski definition) is 5. The van der Waals surface area contributed by atoms with Gasteiger partial charge in [-0.25, -0.2) is 8.93 Å². The van der Waals surface area contributed by atoms with E-state index in [0.717, 1.165) is 19.3 Å². The summed E-state index contributed by atoms with van der Waals surface area (Å²) in [4.78, 5) is 10.4. The maximum absolute atomic E-state index is 10.7. The Morgan fingerprint density at radius 2 is 2.27 bits per heavy atom. The Kier molecular flexibility index (Phi) is 4.80. The van der Waals surface area contributed by atoms with Crippen LogP contribution in [-0.2, 0) is 0 Å². The summed E-state index contributed by atoms with van der Waals surface area (Å²) in [6.45, 7) is 2.76. The highest BCUT2D eigenvalue weighted by atomic mass is 79.9. The monoisotopic (exact) mass is 278 g/mol. The van der Waals surface area contributed by atoms with E-state index >= 15 is 0 Å². The summed E-state index contributed by atoms with van der Waals surface area (Å²) in [5.41, 5.74) is 0. The van der Waals surface area contributed by atoms with Crippen LogP contribution >= 0.6 is 16.1 Å². The minimum Gasteiger partial charge on any atom is -0.261 e.